The standard InChI is InChI=1S/C13H29NO6/c1-3-7-17-12-13(18-8-4-2)11-14(5-9-19-15)6-10-20-16/h13,15-16H,3-12H2,1-2H3. The number of nitrogens with zero attached hydrogens (tertiary/aromatic N) is 1. The van der Waals surface area contributed by atoms with Crippen LogP contribution in [-0.4, -0.2) is 74.2 Å². The molecule has 0 rings (SSSR count). The lowest BCUT2D eigenvalue weighted by Crippen LogP contribution is -2.40. The molecule has 0 bridgehead atoms. The maximum absolute atomic E-state index is 8.43. The zero-order chi connectivity index (χ0) is 15.1. The number of hydrogen-bond acceptors (Lipinski definition) is 7. The van der Waals surface area contributed by atoms with Crippen LogP contribution < -0.4 is 0 Å². The first-order valence-electron chi connectivity index (χ1n) is 7.22. The van der Waals surface area contributed by atoms with Crippen molar-refractivity contribution in [2.75, 3.05) is 52.7 Å². The minimum Gasteiger partial charge on any atom is -0.379 e. The normalized spacial score (nSPS) is 13.1. The van der Waals surface area contributed by atoms with Crippen molar-refractivity contribution in [3.05, 3.63) is 0 Å². The predicted molar refractivity (Wildman–Crippen MR) is 74.7 cm³/mol. The Balaban J connectivity index is 4.18. The van der Waals surface area contributed by atoms with Crippen LogP contribution in [0, 0.1) is 0 Å². The zero-order valence-electron chi connectivity index (χ0n) is 12.6. The molecule has 0 fully saturated rings. The van der Waals surface area contributed by atoms with Crippen LogP contribution in [-0.2, 0) is 19.2 Å². The van der Waals surface area contributed by atoms with Gasteiger partial charge < -0.3 is 9.47 Å². The van der Waals surface area contributed by atoms with Crippen LogP contribution in [0.3, 0.4) is 0 Å². The monoisotopic (exact) mass is 295 g/mol. The highest BCUT2D eigenvalue weighted by atomic mass is 17.1. The molecule has 0 spiro atoms. The van der Waals surface area contributed by atoms with Gasteiger partial charge in [-0.2, -0.15) is 0 Å². The van der Waals surface area contributed by atoms with Gasteiger partial charge in [-0.15, -0.1) is 0 Å². The van der Waals surface area contributed by atoms with Crippen LogP contribution in [0.25, 0.3) is 0 Å². The van der Waals surface area contributed by atoms with E-state index in [4.69, 9.17) is 20.0 Å². The molecule has 122 valence electrons. The van der Waals surface area contributed by atoms with Crippen molar-refractivity contribution >= 4 is 0 Å². The maximum Gasteiger partial charge on any atom is 0.0946 e. The molecule has 0 aliphatic carbocycles. The Morgan fingerprint density at radius 1 is 0.900 bits per heavy atom. The van der Waals surface area contributed by atoms with Crippen LogP contribution >= 0.6 is 0 Å². The van der Waals surface area contributed by atoms with Crippen molar-refractivity contribution in [2.24, 2.45) is 0 Å². The minimum atomic E-state index is -0.0427. The molecule has 0 aromatic rings. The fraction of sp³-hybridized carbons (Fsp3) is 1.00. The molecule has 0 aliphatic heterocycles. The van der Waals surface area contributed by atoms with E-state index in [0.29, 0.717) is 39.5 Å². The first-order chi connectivity index (χ1) is 9.78. The molecule has 0 aromatic heterocycles. The second-order valence-corrected chi connectivity index (χ2v) is 4.53. The molecule has 0 radical (unpaired) electrons. The molecule has 7 nitrogen and oxygen atoms in total. The second-order valence-electron chi connectivity index (χ2n) is 4.53. The van der Waals surface area contributed by atoms with E-state index in [0.717, 1.165) is 12.8 Å². The maximum atomic E-state index is 8.43. The van der Waals surface area contributed by atoms with Crippen LogP contribution in [0.15, 0.2) is 0 Å². The molecule has 7 heteroatoms. The van der Waals surface area contributed by atoms with E-state index in [9.17, 15) is 0 Å². The Kier molecular flexibility index (Phi) is 14.9. The van der Waals surface area contributed by atoms with Crippen molar-refractivity contribution in [1.82, 2.24) is 4.90 Å². The Hall–Kier alpha value is -0.280. The highest BCUT2D eigenvalue weighted by Crippen LogP contribution is 2.01. The molecule has 1 unspecified atom stereocenters. The van der Waals surface area contributed by atoms with E-state index < -0.39 is 0 Å². The Morgan fingerprint density at radius 2 is 1.50 bits per heavy atom. The lowest BCUT2D eigenvalue weighted by atomic mass is 10.3. The van der Waals surface area contributed by atoms with Crippen LogP contribution in [0.1, 0.15) is 26.7 Å². The SMILES string of the molecule is CCCOCC(CN(CCOO)CCOO)OCCC. The van der Waals surface area contributed by atoms with E-state index in [2.05, 4.69) is 23.6 Å². The largest absolute Gasteiger partial charge is 0.379 e. The third-order valence-corrected chi connectivity index (χ3v) is 2.67. The van der Waals surface area contributed by atoms with Crippen molar-refractivity contribution < 1.29 is 29.8 Å². The number of rotatable bonds is 15. The van der Waals surface area contributed by atoms with E-state index in [1.54, 1.807) is 0 Å². The third-order valence-electron chi connectivity index (χ3n) is 2.67. The summed E-state index contributed by atoms with van der Waals surface area (Å²) in [5, 5.41) is 16.9. The molecule has 0 heterocycles. The molecule has 0 saturated heterocycles. The van der Waals surface area contributed by atoms with E-state index in [1.807, 2.05) is 4.90 Å². The van der Waals surface area contributed by atoms with Crippen LogP contribution in [0.2, 0.25) is 0 Å². The first-order valence-corrected chi connectivity index (χ1v) is 7.22. The molecular weight excluding hydrogens is 266 g/mol. The summed E-state index contributed by atoms with van der Waals surface area (Å²) in [5.74, 6) is 0. The second kappa shape index (κ2) is 15.1. The molecule has 0 aromatic carbocycles. The molecule has 0 saturated carbocycles. The summed E-state index contributed by atoms with van der Waals surface area (Å²) in [4.78, 5) is 10.2. The topological polar surface area (TPSA) is 80.6 Å². The van der Waals surface area contributed by atoms with Crippen LogP contribution in [0.5, 0.6) is 0 Å². The summed E-state index contributed by atoms with van der Waals surface area (Å²) >= 11 is 0. The van der Waals surface area contributed by atoms with E-state index >= 15 is 0 Å². The van der Waals surface area contributed by atoms with E-state index in [-0.39, 0.29) is 19.3 Å². The quantitative estimate of drug-likeness (QED) is 0.269. The van der Waals surface area contributed by atoms with Gasteiger partial charge in [-0.25, -0.2) is 9.78 Å². The van der Waals surface area contributed by atoms with Gasteiger partial charge in [0.2, 0.25) is 0 Å². The van der Waals surface area contributed by atoms with Crippen molar-refractivity contribution in [3.63, 3.8) is 0 Å². The predicted octanol–water partition coefficient (Wildman–Crippen LogP) is 1.49. The summed E-state index contributed by atoms with van der Waals surface area (Å²) in [7, 11) is 0. The average Bonchev–Trinajstić information content (AvgIpc) is 2.47. The number of hydrogen-bond donors (Lipinski definition) is 2. The van der Waals surface area contributed by atoms with Crippen molar-refractivity contribution in [2.45, 2.75) is 32.8 Å². The molecule has 0 amide bonds. The highest BCUT2D eigenvalue weighted by molar-refractivity contribution is 4.66. The fourth-order valence-corrected chi connectivity index (χ4v) is 1.72. The molecule has 1 atom stereocenters. The van der Waals surface area contributed by atoms with Crippen LogP contribution in [0.4, 0.5) is 0 Å². The highest BCUT2D eigenvalue weighted by Gasteiger charge is 2.15. The van der Waals surface area contributed by atoms with Gasteiger partial charge in [0.15, 0.2) is 0 Å². The van der Waals surface area contributed by atoms with Crippen molar-refractivity contribution in [1.29, 1.82) is 0 Å². The Bertz CT molecular complexity index is 188. The Labute approximate surface area is 121 Å². The smallest absolute Gasteiger partial charge is 0.0946 e. The van der Waals surface area contributed by atoms with Gasteiger partial charge in [-0.1, -0.05) is 13.8 Å². The third kappa shape index (κ3) is 11.5. The van der Waals surface area contributed by atoms with Gasteiger partial charge in [0.05, 0.1) is 25.9 Å². The summed E-state index contributed by atoms with van der Waals surface area (Å²) in [6.45, 7) is 8.13. The lowest BCUT2D eigenvalue weighted by Gasteiger charge is -2.26. The summed E-state index contributed by atoms with van der Waals surface area (Å²) < 4.78 is 11.3. The summed E-state index contributed by atoms with van der Waals surface area (Å²) in [6, 6.07) is 0. The van der Waals surface area contributed by atoms with Gasteiger partial charge in [-0.3, -0.25) is 15.4 Å². The van der Waals surface area contributed by atoms with Gasteiger partial charge in [0.25, 0.3) is 0 Å². The lowest BCUT2D eigenvalue weighted by molar-refractivity contribution is -0.252. The molecule has 0 aliphatic rings. The zero-order valence-corrected chi connectivity index (χ0v) is 12.6. The van der Waals surface area contributed by atoms with Gasteiger partial charge in [-0.05, 0) is 12.8 Å². The van der Waals surface area contributed by atoms with E-state index in [1.165, 1.54) is 0 Å². The summed E-state index contributed by atoms with van der Waals surface area (Å²) in [5.41, 5.74) is 0. The molecular formula is C13H29NO6. The van der Waals surface area contributed by atoms with Crippen molar-refractivity contribution in [3.8, 4) is 0 Å². The summed E-state index contributed by atoms with van der Waals surface area (Å²) in [6.07, 6.45) is 1.88. The molecule has 2 N–H and O–H groups in total. The Morgan fingerprint density at radius 3 is 2.00 bits per heavy atom. The van der Waals surface area contributed by atoms with Gasteiger partial charge in [0.1, 0.15) is 0 Å². The minimum absolute atomic E-state index is 0.0427. The fourth-order valence-electron chi connectivity index (χ4n) is 1.72. The first kappa shape index (κ1) is 19.7. The van der Waals surface area contributed by atoms with Gasteiger partial charge in [0, 0.05) is 32.8 Å². The average molecular weight is 295 g/mol. The molecule has 20 heavy (non-hydrogen) atoms. The number of ether oxygens (including phenoxy) is 2. The van der Waals surface area contributed by atoms with Gasteiger partial charge >= 0.3 is 0 Å².